The average Bonchev–Trinajstić information content (AvgIpc) is 3.77. The number of nitrogens with zero attached hydrogens (tertiary/aromatic N) is 6. The molecule has 2 fully saturated rings. The zero-order valence-electron chi connectivity index (χ0n) is 30.2. The van der Waals surface area contributed by atoms with Crippen LogP contribution in [0.1, 0.15) is 61.3 Å². The Morgan fingerprint density at radius 2 is 1.15 bits per heavy atom. The third-order valence-corrected chi connectivity index (χ3v) is 9.38. The summed E-state index contributed by atoms with van der Waals surface area (Å²) in [5, 5.41) is 12.4. The largest absolute Gasteiger partial charge is 0.366 e. The first-order valence-corrected chi connectivity index (χ1v) is 17.7. The van der Waals surface area contributed by atoms with Gasteiger partial charge in [-0.3, -0.25) is 19.2 Å². The number of piperidine rings is 2. The summed E-state index contributed by atoms with van der Waals surface area (Å²) >= 11 is 0. The number of likely N-dealkylation sites (tertiary alicyclic amines) is 2. The summed E-state index contributed by atoms with van der Waals surface area (Å²) < 4.78 is 0. The van der Waals surface area contributed by atoms with E-state index >= 15 is 0 Å². The van der Waals surface area contributed by atoms with Crippen LogP contribution in [0.4, 0.5) is 11.6 Å². The lowest BCUT2D eigenvalue weighted by molar-refractivity contribution is -0.128. The number of hydrogen-bond acceptors (Lipinski definition) is 10. The number of anilines is 2. The Labute approximate surface area is 302 Å². The molecule has 0 radical (unpaired) electrons. The lowest BCUT2D eigenvalue weighted by Gasteiger charge is -2.37. The Kier molecular flexibility index (Phi) is 12.2. The van der Waals surface area contributed by atoms with Gasteiger partial charge in [0.15, 0.2) is 11.3 Å². The van der Waals surface area contributed by atoms with Gasteiger partial charge in [-0.05, 0) is 50.7 Å². The Balaban J connectivity index is 0.000000201. The fraction of sp³-hybridized carbons (Fsp3) is 0.444. The van der Waals surface area contributed by atoms with Gasteiger partial charge in [-0.25, -0.2) is 19.9 Å². The van der Waals surface area contributed by atoms with Crippen LogP contribution in [0.2, 0.25) is 0 Å². The minimum atomic E-state index is -0.171. The van der Waals surface area contributed by atoms with Gasteiger partial charge in [0.2, 0.25) is 11.8 Å². The molecule has 0 unspecified atom stereocenters. The van der Waals surface area contributed by atoms with Gasteiger partial charge in [-0.15, -0.1) is 0 Å². The number of aromatic nitrogens is 6. The van der Waals surface area contributed by atoms with Crippen LogP contribution in [0.15, 0.2) is 50.1 Å². The van der Waals surface area contributed by atoms with Crippen LogP contribution >= 0.6 is 0 Å². The van der Waals surface area contributed by atoms with Crippen molar-refractivity contribution >= 4 is 57.6 Å². The Hall–Kier alpha value is -5.80. The second-order valence-corrected chi connectivity index (χ2v) is 13.0. The van der Waals surface area contributed by atoms with Crippen LogP contribution in [0.25, 0.3) is 22.3 Å². The highest BCUT2D eigenvalue weighted by Crippen LogP contribution is 2.24. The van der Waals surface area contributed by atoms with Crippen molar-refractivity contribution in [2.45, 2.75) is 52.6 Å². The lowest BCUT2D eigenvalue weighted by atomic mass is 9.94. The van der Waals surface area contributed by atoms with Crippen LogP contribution in [-0.2, 0) is 9.59 Å². The third kappa shape index (κ3) is 8.55. The van der Waals surface area contributed by atoms with Crippen molar-refractivity contribution in [3.63, 3.8) is 0 Å². The zero-order chi connectivity index (χ0) is 37.4. The van der Waals surface area contributed by atoms with Crippen molar-refractivity contribution in [1.82, 2.24) is 50.3 Å². The molecular weight excluding hydrogens is 664 g/mol. The van der Waals surface area contributed by atoms with Crippen LogP contribution in [-0.4, -0.2) is 115 Å². The van der Waals surface area contributed by atoms with Crippen LogP contribution in [0, 0.1) is 11.8 Å². The molecule has 4 amide bonds. The molecule has 16 nitrogen and oxygen atoms in total. The molecule has 0 bridgehead atoms. The molecule has 6 N–H and O–H groups in total. The van der Waals surface area contributed by atoms with Gasteiger partial charge >= 0.3 is 0 Å². The number of H-pyrrole nitrogens is 2. The molecule has 0 aliphatic carbocycles. The maximum Gasteiger partial charge on any atom is 0.255 e. The van der Waals surface area contributed by atoms with E-state index in [4.69, 9.17) is 0 Å². The molecule has 276 valence electrons. The van der Waals surface area contributed by atoms with Gasteiger partial charge < -0.3 is 41.0 Å². The highest BCUT2D eigenvalue weighted by Gasteiger charge is 2.29. The van der Waals surface area contributed by atoms with E-state index in [0.29, 0.717) is 84.4 Å². The first-order chi connectivity index (χ1) is 25.1. The van der Waals surface area contributed by atoms with E-state index in [0.717, 1.165) is 12.8 Å². The minimum Gasteiger partial charge on any atom is -0.366 e. The number of rotatable bonds is 10. The maximum absolute atomic E-state index is 12.1. The van der Waals surface area contributed by atoms with Gasteiger partial charge in [0, 0.05) is 63.7 Å². The highest BCUT2D eigenvalue weighted by molar-refractivity contribution is 6.05. The molecule has 0 aromatic carbocycles. The van der Waals surface area contributed by atoms with Gasteiger partial charge in [0.25, 0.3) is 11.8 Å². The molecule has 6 heterocycles. The molecule has 0 saturated carbocycles. The summed E-state index contributed by atoms with van der Waals surface area (Å²) in [6.07, 6.45) is 10.9. The first-order valence-electron chi connectivity index (χ1n) is 17.7. The Bertz CT molecular complexity index is 1800. The highest BCUT2D eigenvalue weighted by atomic mass is 16.2. The lowest BCUT2D eigenvalue weighted by Crippen LogP contribution is -2.47. The summed E-state index contributed by atoms with van der Waals surface area (Å²) in [4.78, 5) is 75.2. The molecule has 52 heavy (non-hydrogen) atoms. The van der Waals surface area contributed by atoms with Crippen LogP contribution < -0.4 is 21.3 Å². The standard InChI is InChI=1S/2C18H24N6O2/c2*1-4-15(25)24-7-6-13(11(3)10-24)22-14-9-21-17-16(23-14)12(8-20-17)18(26)19-5-2/h2*4,8-9,11,13H,1,5-7,10H2,2-3H3,(H,19,26)(H,20,21)(H,22,23)/t2*11-,13-/m10/s1. The monoisotopic (exact) mass is 712 g/mol. The first kappa shape index (κ1) is 37.5. The van der Waals surface area contributed by atoms with E-state index in [9.17, 15) is 19.2 Å². The quantitative estimate of drug-likeness (QED) is 0.133. The number of aromatic amines is 2. The van der Waals surface area contributed by atoms with E-state index in [1.165, 1.54) is 12.2 Å². The molecule has 16 heteroatoms. The smallest absolute Gasteiger partial charge is 0.255 e. The van der Waals surface area contributed by atoms with Gasteiger partial charge in [-0.2, -0.15) is 0 Å². The van der Waals surface area contributed by atoms with Crippen molar-refractivity contribution in [3.05, 3.63) is 61.2 Å². The number of carbonyl (C=O) groups is 4. The number of nitrogens with one attached hydrogen (secondary N) is 6. The average molecular weight is 713 g/mol. The molecule has 4 aromatic rings. The summed E-state index contributed by atoms with van der Waals surface area (Å²) in [6, 6.07) is 0.366. The zero-order valence-corrected chi connectivity index (χ0v) is 30.2. The van der Waals surface area contributed by atoms with Gasteiger partial charge in [0.05, 0.1) is 23.5 Å². The molecule has 4 aromatic heterocycles. The van der Waals surface area contributed by atoms with E-state index in [2.05, 4.69) is 78.2 Å². The van der Waals surface area contributed by atoms with Crippen LogP contribution in [0.5, 0.6) is 0 Å². The Morgan fingerprint density at radius 1 is 0.750 bits per heavy atom. The predicted molar refractivity (Wildman–Crippen MR) is 200 cm³/mol. The van der Waals surface area contributed by atoms with E-state index in [1.54, 1.807) is 24.8 Å². The number of amides is 4. The summed E-state index contributed by atoms with van der Waals surface area (Å²) in [5.74, 6) is 1.37. The number of carbonyl (C=O) groups excluding carboxylic acids is 4. The maximum atomic E-state index is 12.1. The van der Waals surface area contributed by atoms with Crippen molar-refractivity contribution in [1.29, 1.82) is 0 Å². The molecule has 2 saturated heterocycles. The van der Waals surface area contributed by atoms with E-state index in [-0.39, 0.29) is 47.5 Å². The summed E-state index contributed by atoms with van der Waals surface area (Å²) in [5.41, 5.74) is 3.23. The molecular formula is C36H48N12O4. The number of fused-ring (bicyclic) bond motifs is 2. The normalized spacial score (nSPS) is 20.0. The molecule has 4 atom stereocenters. The van der Waals surface area contributed by atoms with Crippen LogP contribution in [0.3, 0.4) is 0 Å². The second-order valence-electron chi connectivity index (χ2n) is 13.0. The third-order valence-electron chi connectivity index (χ3n) is 9.38. The minimum absolute atomic E-state index is 0.0320. The van der Waals surface area contributed by atoms with Crippen molar-refractivity contribution < 1.29 is 19.2 Å². The van der Waals surface area contributed by atoms with Crippen molar-refractivity contribution in [3.8, 4) is 0 Å². The van der Waals surface area contributed by atoms with Crippen molar-refractivity contribution in [2.24, 2.45) is 11.8 Å². The number of hydrogen-bond donors (Lipinski definition) is 6. The molecule has 2 aliphatic heterocycles. The molecule has 0 spiro atoms. The molecule has 2 aliphatic rings. The van der Waals surface area contributed by atoms with Gasteiger partial charge in [0.1, 0.15) is 22.7 Å². The predicted octanol–water partition coefficient (Wildman–Crippen LogP) is 3.09. The fourth-order valence-electron chi connectivity index (χ4n) is 6.54. The van der Waals surface area contributed by atoms with Crippen molar-refractivity contribution in [2.75, 3.05) is 49.9 Å². The Morgan fingerprint density at radius 3 is 1.50 bits per heavy atom. The topological polar surface area (TPSA) is 206 Å². The van der Waals surface area contributed by atoms with E-state index in [1.807, 2.05) is 23.6 Å². The second kappa shape index (κ2) is 16.9. The van der Waals surface area contributed by atoms with E-state index < -0.39 is 0 Å². The molecule has 6 rings (SSSR count). The van der Waals surface area contributed by atoms with Gasteiger partial charge in [-0.1, -0.05) is 27.0 Å². The summed E-state index contributed by atoms with van der Waals surface area (Å²) in [7, 11) is 0. The SMILES string of the molecule is C=CC(=O)N1CC[C@@H](Nc2cnc3[nH]cc(C(=O)NCC)c3n2)[C@H](C)C1.C=CC(=O)N1CC[C@H](Nc2cnc3[nH]cc(C(=O)NCC)c3n2)[C@@H](C)C1. The fourth-order valence-corrected chi connectivity index (χ4v) is 6.54. The summed E-state index contributed by atoms with van der Waals surface area (Å²) in [6.45, 7) is 18.8.